The van der Waals surface area contributed by atoms with Gasteiger partial charge in [-0.15, -0.1) is 0 Å². The van der Waals surface area contributed by atoms with Gasteiger partial charge in [0.2, 0.25) is 0 Å². The number of hydrogen-bond acceptors (Lipinski definition) is 3. The van der Waals surface area contributed by atoms with Gasteiger partial charge in [0, 0.05) is 17.3 Å². The highest BCUT2D eigenvalue weighted by atomic mass is 19.1. The lowest BCUT2D eigenvalue weighted by atomic mass is 10.1. The Morgan fingerprint density at radius 3 is 3.00 bits per heavy atom. The van der Waals surface area contributed by atoms with Gasteiger partial charge in [-0.25, -0.2) is 9.18 Å². The average molecular weight is 237 g/mol. The summed E-state index contributed by atoms with van der Waals surface area (Å²) < 4.78 is 17.8. The van der Waals surface area contributed by atoms with Crippen molar-refractivity contribution in [2.45, 2.75) is 19.8 Å². The summed E-state index contributed by atoms with van der Waals surface area (Å²) in [7, 11) is 0. The van der Waals surface area contributed by atoms with Crippen LogP contribution in [0.3, 0.4) is 0 Å². The Bertz CT molecular complexity index is 416. The molecule has 3 nitrogen and oxygen atoms in total. The van der Waals surface area contributed by atoms with Gasteiger partial charge in [-0.3, -0.25) is 0 Å². The molecule has 0 spiro atoms. The first-order chi connectivity index (χ1) is 8.13. The molecule has 1 aromatic rings. The first kappa shape index (κ1) is 13.2. The second-order valence-electron chi connectivity index (χ2n) is 3.63. The van der Waals surface area contributed by atoms with Crippen LogP contribution in [-0.2, 0) is 9.53 Å². The topological polar surface area (TPSA) is 52.3 Å². The van der Waals surface area contributed by atoms with Gasteiger partial charge < -0.3 is 10.5 Å². The van der Waals surface area contributed by atoms with Gasteiger partial charge in [-0.2, -0.15) is 0 Å². The molecule has 0 saturated carbocycles. The molecule has 1 aromatic carbocycles. The number of halogens is 1. The van der Waals surface area contributed by atoms with Crippen molar-refractivity contribution in [1.82, 2.24) is 0 Å². The fourth-order valence-corrected chi connectivity index (χ4v) is 1.21. The fraction of sp³-hybridized carbons (Fsp3) is 0.308. The van der Waals surface area contributed by atoms with E-state index in [9.17, 15) is 9.18 Å². The van der Waals surface area contributed by atoms with Crippen LogP contribution >= 0.6 is 0 Å². The van der Waals surface area contributed by atoms with Crippen molar-refractivity contribution in [3.8, 4) is 0 Å². The maximum atomic E-state index is 12.9. The Balaban J connectivity index is 2.57. The van der Waals surface area contributed by atoms with Crippen LogP contribution in [0.15, 0.2) is 24.3 Å². The number of unbranched alkanes of at least 4 members (excludes halogenated alkanes) is 1. The number of benzene rings is 1. The SMILES string of the molecule is CCCCOC(=O)/C=C/c1cc(F)ccc1N. The lowest BCUT2D eigenvalue weighted by molar-refractivity contribution is -0.137. The number of hydrogen-bond donors (Lipinski definition) is 1. The first-order valence-corrected chi connectivity index (χ1v) is 5.53. The number of carbonyl (C=O) groups excluding carboxylic acids is 1. The van der Waals surface area contributed by atoms with Crippen molar-refractivity contribution < 1.29 is 13.9 Å². The summed E-state index contributed by atoms with van der Waals surface area (Å²) in [4.78, 5) is 11.2. The zero-order valence-electron chi connectivity index (χ0n) is 9.78. The van der Waals surface area contributed by atoms with E-state index in [0.29, 0.717) is 17.9 Å². The number of ether oxygens (including phenoxy) is 1. The Kier molecular flexibility index (Phi) is 5.20. The van der Waals surface area contributed by atoms with Gasteiger partial charge in [0.1, 0.15) is 5.82 Å². The van der Waals surface area contributed by atoms with E-state index in [2.05, 4.69) is 0 Å². The summed E-state index contributed by atoms with van der Waals surface area (Å²) in [5.41, 5.74) is 6.52. The van der Waals surface area contributed by atoms with E-state index in [4.69, 9.17) is 10.5 Å². The number of nitrogens with two attached hydrogens (primary N) is 1. The Labute approximate surface area is 100 Å². The smallest absolute Gasteiger partial charge is 0.330 e. The molecule has 0 bridgehead atoms. The maximum Gasteiger partial charge on any atom is 0.330 e. The second-order valence-corrected chi connectivity index (χ2v) is 3.63. The van der Waals surface area contributed by atoms with Crippen LogP contribution in [0.4, 0.5) is 10.1 Å². The minimum Gasteiger partial charge on any atom is -0.463 e. The number of anilines is 1. The molecule has 92 valence electrons. The van der Waals surface area contributed by atoms with E-state index in [0.717, 1.165) is 12.8 Å². The summed E-state index contributed by atoms with van der Waals surface area (Å²) in [6.45, 7) is 2.41. The van der Waals surface area contributed by atoms with E-state index in [1.807, 2.05) is 6.92 Å². The number of nitrogen functional groups attached to an aromatic ring is 1. The van der Waals surface area contributed by atoms with Gasteiger partial charge in [0.25, 0.3) is 0 Å². The van der Waals surface area contributed by atoms with Gasteiger partial charge in [0.05, 0.1) is 6.61 Å². The number of esters is 1. The largest absolute Gasteiger partial charge is 0.463 e. The lowest BCUT2D eigenvalue weighted by Crippen LogP contribution is -2.01. The van der Waals surface area contributed by atoms with Crippen molar-refractivity contribution in [1.29, 1.82) is 0 Å². The Morgan fingerprint density at radius 1 is 1.53 bits per heavy atom. The number of carbonyl (C=O) groups is 1. The molecule has 0 aliphatic carbocycles. The molecule has 0 unspecified atom stereocenters. The Morgan fingerprint density at radius 2 is 2.29 bits per heavy atom. The number of rotatable bonds is 5. The van der Waals surface area contributed by atoms with Crippen LogP contribution < -0.4 is 5.73 Å². The third kappa shape index (κ3) is 4.68. The van der Waals surface area contributed by atoms with Crippen LogP contribution in [0.1, 0.15) is 25.3 Å². The van der Waals surface area contributed by atoms with Crippen LogP contribution in [0.2, 0.25) is 0 Å². The zero-order chi connectivity index (χ0) is 12.7. The van der Waals surface area contributed by atoms with Crippen molar-refractivity contribution >= 4 is 17.7 Å². The summed E-state index contributed by atoms with van der Waals surface area (Å²) >= 11 is 0. The molecule has 0 aliphatic heterocycles. The van der Waals surface area contributed by atoms with E-state index in [1.165, 1.54) is 30.4 Å². The molecule has 4 heteroatoms. The highest BCUT2D eigenvalue weighted by molar-refractivity contribution is 5.88. The van der Waals surface area contributed by atoms with Crippen LogP contribution in [-0.4, -0.2) is 12.6 Å². The van der Waals surface area contributed by atoms with Crippen LogP contribution in [0.25, 0.3) is 6.08 Å². The quantitative estimate of drug-likeness (QED) is 0.371. The molecule has 0 radical (unpaired) electrons. The first-order valence-electron chi connectivity index (χ1n) is 5.53. The predicted octanol–water partition coefficient (Wildman–Crippen LogP) is 2.76. The van der Waals surface area contributed by atoms with Crippen molar-refractivity contribution in [2.24, 2.45) is 0 Å². The van der Waals surface area contributed by atoms with E-state index < -0.39 is 11.8 Å². The molecule has 0 saturated heterocycles. The molecular formula is C13H16FNO2. The second kappa shape index (κ2) is 6.68. The minimum atomic E-state index is -0.442. The van der Waals surface area contributed by atoms with Gasteiger partial charge in [-0.1, -0.05) is 13.3 Å². The lowest BCUT2D eigenvalue weighted by Gasteiger charge is -2.01. The van der Waals surface area contributed by atoms with Crippen molar-refractivity contribution in [3.63, 3.8) is 0 Å². The summed E-state index contributed by atoms with van der Waals surface area (Å²) in [6.07, 6.45) is 4.50. The van der Waals surface area contributed by atoms with Gasteiger partial charge in [-0.05, 0) is 30.7 Å². The third-order valence-corrected chi connectivity index (χ3v) is 2.19. The van der Waals surface area contributed by atoms with E-state index in [1.54, 1.807) is 0 Å². The normalized spacial score (nSPS) is 10.7. The van der Waals surface area contributed by atoms with Crippen LogP contribution in [0.5, 0.6) is 0 Å². The van der Waals surface area contributed by atoms with Crippen LogP contribution in [0, 0.1) is 5.82 Å². The zero-order valence-corrected chi connectivity index (χ0v) is 9.78. The predicted molar refractivity (Wildman–Crippen MR) is 65.7 cm³/mol. The Hall–Kier alpha value is -1.84. The fourth-order valence-electron chi connectivity index (χ4n) is 1.21. The molecule has 0 heterocycles. The molecule has 1 rings (SSSR count). The highest BCUT2D eigenvalue weighted by Crippen LogP contribution is 2.14. The summed E-state index contributed by atoms with van der Waals surface area (Å²) in [6, 6.07) is 3.99. The van der Waals surface area contributed by atoms with Gasteiger partial charge in [0.15, 0.2) is 0 Å². The molecule has 0 aromatic heterocycles. The minimum absolute atomic E-state index is 0.391. The molecule has 0 fully saturated rings. The summed E-state index contributed by atoms with van der Waals surface area (Å²) in [5, 5.41) is 0. The molecule has 0 aliphatic rings. The average Bonchev–Trinajstić information content (AvgIpc) is 2.31. The molecule has 0 atom stereocenters. The summed E-state index contributed by atoms with van der Waals surface area (Å²) in [5.74, 6) is -0.833. The van der Waals surface area contributed by atoms with Gasteiger partial charge >= 0.3 is 5.97 Å². The standard InChI is InChI=1S/C13H16FNO2/c1-2-3-8-17-13(16)7-4-10-9-11(14)5-6-12(10)15/h4-7,9H,2-3,8,15H2,1H3/b7-4+. The molecular weight excluding hydrogens is 221 g/mol. The molecule has 17 heavy (non-hydrogen) atoms. The van der Waals surface area contributed by atoms with E-state index >= 15 is 0 Å². The third-order valence-electron chi connectivity index (χ3n) is 2.19. The highest BCUT2D eigenvalue weighted by Gasteiger charge is 2.00. The maximum absolute atomic E-state index is 12.9. The molecule has 2 N–H and O–H groups in total. The van der Waals surface area contributed by atoms with Crippen molar-refractivity contribution in [2.75, 3.05) is 12.3 Å². The van der Waals surface area contributed by atoms with E-state index in [-0.39, 0.29) is 0 Å². The monoisotopic (exact) mass is 237 g/mol. The van der Waals surface area contributed by atoms with Crippen molar-refractivity contribution in [3.05, 3.63) is 35.7 Å². The molecule has 0 amide bonds.